The number of rotatable bonds is 9. The van der Waals surface area contributed by atoms with Crippen molar-refractivity contribution in [3.8, 4) is 0 Å². The molecule has 3 N–H and O–H groups in total. The first-order chi connectivity index (χ1) is 20.8. The van der Waals surface area contributed by atoms with Crippen LogP contribution in [0.1, 0.15) is 70.9 Å². The molecular weight excluding hydrogens is 562 g/mol. The molecule has 2 aromatic carbocycles. The fourth-order valence-electron chi connectivity index (χ4n) is 5.26. The average molecular weight is 602 g/mol. The van der Waals surface area contributed by atoms with Gasteiger partial charge < -0.3 is 15.7 Å². The number of carboxylic acid groups (broad SMARTS) is 1. The van der Waals surface area contributed by atoms with Crippen molar-refractivity contribution in [2.75, 3.05) is 23.3 Å². The predicted molar refractivity (Wildman–Crippen MR) is 168 cm³/mol. The highest BCUT2D eigenvalue weighted by Gasteiger charge is 2.36. The number of benzene rings is 2. The number of anilines is 2. The summed E-state index contributed by atoms with van der Waals surface area (Å²) >= 11 is 0. The van der Waals surface area contributed by atoms with Crippen LogP contribution in [0.4, 0.5) is 16.2 Å². The number of carboxylic acids is 1. The fraction of sp³-hybridized carbons (Fsp3) is 0.394. The number of carbonyl (C=O) groups is 5. The van der Waals surface area contributed by atoms with Gasteiger partial charge in [-0.2, -0.15) is 5.10 Å². The molecule has 1 fully saturated rings. The molecule has 0 bridgehead atoms. The zero-order chi connectivity index (χ0) is 32.0. The maximum absolute atomic E-state index is 14.0. The highest BCUT2D eigenvalue weighted by Crippen LogP contribution is 2.34. The smallest absolute Gasteiger partial charge is 0.352 e. The third-order valence-electron chi connectivity index (χ3n) is 7.60. The number of para-hydroxylation sites is 1. The molecular formula is C33H39N5O6. The van der Waals surface area contributed by atoms with E-state index in [1.165, 1.54) is 17.9 Å². The van der Waals surface area contributed by atoms with Gasteiger partial charge in [0.05, 0.1) is 17.9 Å². The second-order valence-corrected chi connectivity index (χ2v) is 12.2. The summed E-state index contributed by atoms with van der Waals surface area (Å²) in [5.74, 6) is -2.39. The Morgan fingerprint density at radius 3 is 2.36 bits per heavy atom. The van der Waals surface area contributed by atoms with Gasteiger partial charge >= 0.3 is 12.0 Å². The van der Waals surface area contributed by atoms with Gasteiger partial charge in [0.1, 0.15) is 12.2 Å². The lowest BCUT2D eigenvalue weighted by molar-refractivity contribution is -0.134. The molecule has 0 radical (unpaired) electrons. The predicted octanol–water partition coefficient (Wildman–Crippen LogP) is 5.03. The van der Waals surface area contributed by atoms with Crippen LogP contribution in [0.25, 0.3) is 6.08 Å². The Balaban J connectivity index is 1.65. The molecule has 4 amide bonds. The van der Waals surface area contributed by atoms with Crippen molar-refractivity contribution in [2.24, 2.45) is 16.4 Å². The third kappa shape index (κ3) is 7.97. The van der Waals surface area contributed by atoms with Crippen LogP contribution < -0.4 is 15.5 Å². The number of Topliss-reactive ketones (excluding diaryl/α,β-unsaturated/α-hetero) is 1. The van der Waals surface area contributed by atoms with E-state index in [1.54, 1.807) is 45.0 Å². The molecule has 232 valence electrons. The fourth-order valence-corrected chi connectivity index (χ4v) is 5.26. The Morgan fingerprint density at radius 2 is 1.70 bits per heavy atom. The Labute approximate surface area is 257 Å². The highest BCUT2D eigenvalue weighted by atomic mass is 16.4. The maximum Gasteiger partial charge on any atom is 0.352 e. The average Bonchev–Trinajstić information content (AvgIpc) is 3.07. The Hall–Kier alpha value is -4.80. The van der Waals surface area contributed by atoms with Crippen molar-refractivity contribution in [1.82, 2.24) is 10.3 Å². The van der Waals surface area contributed by atoms with Crippen molar-refractivity contribution in [3.05, 3.63) is 65.4 Å². The van der Waals surface area contributed by atoms with Gasteiger partial charge in [0, 0.05) is 29.5 Å². The number of hydrogen-bond donors (Lipinski definition) is 3. The van der Waals surface area contributed by atoms with Gasteiger partial charge in [-0.3, -0.25) is 19.3 Å². The molecule has 1 aliphatic heterocycles. The summed E-state index contributed by atoms with van der Waals surface area (Å²) in [5.41, 5.74) is 1.90. The normalized spacial score (nSPS) is 16.0. The molecule has 0 spiro atoms. The molecule has 0 saturated heterocycles. The number of hydrogen-bond acceptors (Lipinski definition) is 6. The lowest BCUT2D eigenvalue weighted by atomic mass is 9.83. The van der Waals surface area contributed by atoms with E-state index in [0.717, 1.165) is 48.4 Å². The number of carbonyl (C=O) groups excluding carboxylic acids is 4. The van der Waals surface area contributed by atoms with E-state index in [-0.39, 0.29) is 23.9 Å². The molecule has 2 aromatic rings. The van der Waals surface area contributed by atoms with Crippen molar-refractivity contribution in [3.63, 3.8) is 0 Å². The number of aliphatic carboxylic acids is 1. The Morgan fingerprint density at radius 1 is 1.00 bits per heavy atom. The lowest BCUT2D eigenvalue weighted by Gasteiger charge is -2.28. The Kier molecular flexibility index (Phi) is 9.97. The standard InChI is InChI=1S/C33H39N5O6/c1-21(39)34-26(31(42)43)18-22-11-10-14-24(17-22)35-29(41)20-38-32(44)37(19-28(40)33(2,3)4)27-16-9-8-15-25(27)30(36-38)23-12-6-5-7-13-23/h8-11,14-18,23H,5-7,12-13,19-20H2,1-4H3,(H,34,39)(H,35,41)(H,42,43)/b26-18+. The third-order valence-corrected chi connectivity index (χ3v) is 7.60. The lowest BCUT2D eigenvalue weighted by Crippen LogP contribution is -2.47. The molecule has 4 rings (SSSR count). The largest absolute Gasteiger partial charge is 0.477 e. The number of nitrogens with zero attached hydrogens (tertiary/aromatic N) is 3. The zero-order valence-corrected chi connectivity index (χ0v) is 25.6. The number of nitrogens with one attached hydrogen (secondary N) is 2. The van der Waals surface area contributed by atoms with E-state index in [4.69, 9.17) is 5.10 Å². The van der Waals surface area contributed by atoms with Crippen LogP contribution in [-0.4, -0.2) is 58.5 Å². The molecule has 11 heteroatoms. The van der Waals surface area contributed by atoms with Crippen molar-refractivity contribution < 1.29 is 29.1 Å². The minimum absolute atomic E-state index is 0.108. The number of fused-ring (bicyclic) bond motifs is 1. The van der Waals surface area contributed by atoms with Gasteiger partial charge in [0.25, 0.3) is 0 Å². The van der Waals surface area contributed by atoms with Crippen LogP contribution >= 0.6 is 0 Å². The molecule has 44 heavy (non-hydrogen) atoms. The summed E-state index contributed by atoms with van der Waals surface area (Å²) < 4.78 is 0. The SMILES string of the molecule is CC(=O)N/C(=C/c1cccc(NC(=O)CN2N=C(C3CCCCC3)c3ccccc3N(CC(=O)C(C)(C)C)C2=O)c1)C(=O)O. The number of hydrazone groups is 1. The number of urea groups is 1. The first kappa shape index (κ1) is 32.1. The van der Waals surface area contributed by atoms with Gasteiger partial charge in [-0.25, -0.2) is 14.6 Å². The molecule has 0 aromatic heterocycles. The molecule has 0 atom stereocenters. The van der Waals surface area contributed by atoms with Crippen LogP contribution in [0.3, 0.4) is 0 Å². The van der Waals surface area contributed by atoms with E-state index in [1.807, 2.05) is 24.3 Å². The first-order valence-electron chi connectivity index (χ1n) is 14.8. The summed E-state index contributed by atoms with van der Waals surface area (Å²) in [6, 6.07) is 13.3. The topological polar surface area (TPSA) is 148 Å². The summed E-state index contributed by atoms with van der Waals surface area (Å²) in [5, 5.41) is 20.4. The van der Waals surface area contributed by atoms with E-state index >= 15 is 0 Å². The molecule has 0 unspecified atom stereocenters. The van der Waals surface area contributed by atoms with Crippen molar-refractivity contribution in [2.45, 2.75) is 59.8 Å². The summed E-state index contributed by atoms with van der Waals surface area (Å²) in [4.78, 5) is 64.9. The zero-order valence-electron chi connectivity index (χ0n) is 25.6. The van der Waals surface area contributed by atoms with Crippen LogP contribution in [-0.2, 0) is 19.2 Å². The summed E-state index contributed by atoms with van der Waals surface area (Å²) in [6.45, 7) is 6.04. The van der Waals surface area contributed by atoms with Crippen LogP contribution in [0.2, 0.25) is 0 Å². The molecule has 11 nitrogen and oxygen atoms in total. The second-order valence-electron chi connectivity index (χ2n) is 12.2. The molecule has 1 heterocycles. The van der Waals surface area contributed by atoms with E-state index in [9.17, 15) is 29.1 Å². The van der Waals surface area contributed by atoms with Crippen LogP contribution in [0.5, 0.6) is 0 Å². The Bertz CT molecular complexity index is 1520. The molecule has 1 saturated carbocycles. The minimum atomic E-state index is -1.31. The first-order valence-corrected chi connectivity index (χ1v) is 14.8. The number of amides is 4. The highest BCUT2D eigenvalue weighted by molar-refractivity contribution is 6.13. The summed E-state index contributed by atoms with van der Waals surface area (Å²) in [6.07, 6.45) is 6.33. The van der Waals surface area contributed by atoms with E-state index < -0.39 is 35.8 Å². The van der Waals surface area contributed by atoms with Crippen LogP contribution in [0, 0.1) is 11.3 Å². The molecule has 1 aliphatic carbocycles. The van der Waals surface area contributed by atoms with Crippen molar-refractivity contribution in [1.29, 1.82) is 0 Å². The van der Waals surface area contributed by atoms with E-state index in [2.05, 4.69) is 10.6 Å². The molecule has 2 aliphatic rings. The van der Waals surface area contributed by atoms with Gasteiger partial charge in [-0.1, -0.05) is 70.4 Å². The minimum Gasteiger partial charge on any atom is -0.477 e. The van der Waals surface area contributed by atoms with Crippen LogP contribution in [0.15, 0.2) is 59.3 Å². The summed E-state index contributed by atoms with van der Waals surface area (Å²) in [7, 11) is 0. The van der Waals surface area contributed by atoms with Gasteiger partial charge in [-0.15, -0.1) is 0 Å². The van der Waals surface area contributed by atoms with Gasteiger partial charge in [0.15, 0.2) is 5.78 Å². The van der Waals surface area contributed by atoms with Gasteiger partial charge in [0.2, 0.25) is 11.8 Å². The second kappa shape index (κ2) is 13.7. The maximum atomic E-state index is 14.0. The van der Waals surface area contributed by atoms with Crippen molar-refractivity contribution >= 4 is 52.8 Å². The van der Waals surface area contributed by atoms with E-state index in [0.29, 0.717) is 16.9 Å². The quantitative estimate of drug-likeness (QED) is 0.344. The monoisotopic (exact) mass is 601 g/mol. The van der Waals surface area contributed by atoms with Gasteiger partial charge in [-0.05, 0) is 42.7 Å². The number of ketones is 1.